The summed E-state index contributed by atoms with van der Waals surface area (Å²) < 4.78 is 30.8. The van der Waals surface area contributed by atoms with Gasteiger partial charge >= 0.3 is 11.9 Å². The van der Waals surface area contributed by atoms with Crippen LogP contribution in [0.2, 0.25) is 0 Å². The number of nitrogens with one attached hydrogen (secondary N) is 3. The number of aliphatic imine (C=N–C) groups is 2. The number of rotatable bonds is 17. The quantitative estimate of drug-likeness (QED) is 0.0126. The van der Waals surface area contributed by atoms with Crippen molar-refractivity contribution >= 4 is 67.0 Å². The summed E-state index contributed by atoms with van der Waals surface area (Å²) in [6.07, 6.45) is 0.523. The minimum atomic E-state index is -3.12. The van der Waals surface area contributed by atoms with E-state index in [1.165, 1.54) is 56.4 Å². The number of carboxylic acid groups (broad SMARTS) is 1. The number of guanidine groups is 2. The highest BCUT2D eigenvalue weighted by atomic mass is 33.1. The van der Waals surface area contributed by atoms with Crippen LogP contribution >= 0.6 is 43.2 Å². The Morgan fingerprint density at radius 3 is 2.50 bits per heavy atom. The number of aliphatic hydroxyl groups is 8. The lowest BCUT2D eigenvalue weighted by atomic mass is 9.82. The second-order valence-electron chi connectivity index (χ2n) is 17.8. The highest BCUT2D eigenvalue weighted by Crippen LogP contribution is 2.46. The number of carbonyl (C=O) groups excluding carboxylic acids is 1. The number of aliphatic hydroxyl groups excluding tert-OH is 6. The number of quaternary nitrogens is 1. The van der Waals surface area contributed by atoms with Crippen LogP contribution in [0.15, 0.2) is 69.2 Å². The van der Waals surface area contributed by atoms with E-state index >= 15 is 0 Å². The van der Waals surface area contributed by atoms with Gasteiger partial charge in [0.25, 0.3) is 0 Å². The normalized spacial score (nSPS) is 35.6. The number of allylic oxidation sites excluding steroid dienone is 1. The molecule has 72 heavy (non-hydrogen) atoms. The van der Waals surface area contributed by atoms with Crippen LogP contribution < -0.4 is 32.7 Å². The Bertz CT molecular complexity index is 2060. The molecule has 0 aromatic rings. The zero-order valence-corrected chi connectivity index (χ0v) is 42.9. The predicted molar refractivity (Wildman–Crippen MR) is 270 cm³/mol. The first-order chi connectivity index (χ1) is 34.6. The van der Waals surface area contributed by atoms with Crippen molar-refractivity contribution < 1.29 is 84.1 Å². The fourth-order valence-electron chi connectivity index (χ4n) is 9.38. The van der Waals surface area contributed by atoms with Crippen LogP contribution in [-0.2, 0) is 33.3 Å². The number of nitrogens with zero attached hydrogens (tertiary/aromatic N) is 2. The maximum atomic E-state index is 14.7. The van der Waals surface area contributed by atoms with E-state index in [0.717, 1.165) is 6.26 Å². The molecule has 0 radical (unpaired) electrons. The monoisotopic (exact) mass is 1090 g/mol. The van der Waals surface area contributed by atoms with E-state index in [0.29, 0.717) is 41.2 Å². The van der Waals surface area contributed by atoms with E-state index in [-0.39, 0.29) is 91.7 Å². The highest BCUT2D eigenvalue weighted by Gasteiger charge is 2.58. The lowest BCUT2D eigenvalue weighted by molar-refractivity contribution is -0.870. The Labute approximate surface area is 432 Å². The molecule has 2 fully saturated rings. The van der Waals surface area contributed by atoms with Crippen molar-refractivity contribution in [2.45, 2.75) is 91.2 Å². The molecule has 5 aliphatic heterocycles. The molecule has 15 atom stereocenters. The Balaban J connectivity index is 1.57. The molecule has 0 amide bonds. The van der Waals surface area contributed by atoms with Crippen molar-refractivity contribution in [3.63, 3.8) is 0 Å². The second kappa shape index (κ2) is 27.6. The van der Waals surface area contributed by atoms with Gasteiger partial charge in [0.15, 0.2) is 24.3 Å². The smallest absolute Gasteiger partial charge is 0.343 e. The summed E-state index contributed by atoms with van der Waals surface area (Å²) in [5.74, 6) is -7.16. The molecule has 1 unspecified atom stereocenters. The molecule has 1 saturated carbocycles. The van der Waals surface area contributed by atoms with Crippen LogP contribution in [0.4, 0.5) is 0 Å². The Kier molecular flexibility index (Phi) is 22.3. The van der Waals surface area contributed by atoms with Gasteiger partial charge in [-0.25, -0.2) is 9.59 Å². The maximum Gasteiger partial charge on any atom is 0.343 e. The van der Waals surface area contributed by atoms with E-state index < -0.39 is 97.3 Å². The number of esters is 1. The van der Waals surface area contributed by atoms with E-state index in [4.69, 9.17) is 40.9 Å². The first-order valence-corrected chi connectivity index (χ1v) is 28.3. The topological polar surface area (TPSA) is 394 Å². The third kappa shape index (κ3) is 14.2. The second-order valence-corrected chi connectivity index (χ2v) is 23.1. The van der Waals surface area contributed by atoms with Crippen molar-refractivity contribution in [3.8, 4) is 0 Å². The summed E-state index contributed by atoms with van der Waals surface area (Å²) in [4.78, 5) is 37.3. The largest absolute Gasteiger partial charge is 0.477 e. The number of aliphatic carboxylic acids is 1. The average Bonchev–Trinajstić information content (AvgIpc) is 3.73. The van der Waals surface area contributed by atoms with Crippen LogP contribution in [0.25, 0.3) is 0 Å². The molecule has 6 rings (SSSR count). The standard InChI is InChI=1S/C44H68N8O16S4/c1-48-33(19-57)67-37-41(66-31(18-56)36(58)44(37,62)63)68-40-25-4-2-13-69-71-32(9-11-49-42(45)46)35-29(17-55)52-14-22(34(26(15-52)38(59)60)51-43(47)50-10-3-12-53)5-7-24(25)27(20-64-40)39(61)65-30-8-6-23(16-54)28(30)21-70-72-35/h2,4-5,7,15,20,23-25,28-33,35-37,40-41,48,53-58,62-63H,3,6,8-14,16-19,21H2,1H3,(H,59,60)(H4,45,46,49)(H3,47,50,51)/p+1/b4-2+,7-5+/t23-,24+,25-,28+,29+,30-,31-,32+,33-,35+,36-,37+,40+,41+/m1/s1. The Morgan fingerprint density at radius 2 is 1.82 bits per heavy atom. The summed E-state index contributed by atoms with van der Waals surface area (Å²) in [5, 5.41) is 101. The van der Waals surface area contributed by atoms with Gasteiger partial charge in [0.2, 0.25) is 12.1 Å². The number of ether oxygens (including phenoxy) is 5. The van der Waals surface area contributed by atoms with Gasteiger partial charge in [0, 0.05) is 60.5 Å². The summed E-state index contributed by atoms with van der Waals surface area (Å²) in [7, 11) is 7.48. The molecular formula is C44H69N8O16S4+. The Morgan fingerprint density at radius 1 is 1.03 bits per heavy atom. The molecule has 1 saturated heterocycles. The zero-order valence-electron chi connectivity index (χ0n) is 39.6. The van der Waals surface area contributed by atoms with Gasteiger partial charge < -0.3 is 92.2 Å². The van der Waals surface area contributed by atoms with Crippen LogP contribution in [0.3, 0.4) is 0 Å². The Hall–Kier alpha value is -3.14. The van der Waals surface area contributed by atoms with Crippen LogP contribution in [0.1, 0.15) is 25.7 Å². The van der Waals surface area contributed by atoms with Crippen LogP contribution in [0, 0.1) is 23.7 Å². The summed E-state index contributed by atoms with van der Waals surface area (Å²) in [6.45, 7) is -1.79. The molecule has 4 bridgehead atoms. The minimum absolute atomic E-state index is 0.0184. The van der Waals surface area contributed by atoms with Crippen molar-refractivity contribution in [2.75, 3.05) is 71.2 Å². The van der Waals surface area contributed by atoms with Gasteiger partial charge in [0.05, 0.1) is 48.5 Å². The molecule has 6 aliphatic rings. The number of fused-ring (bicyclic) bond motifs is 2. The van der Waals surface area contributed by atoms with Gasteiger partial charge in [-0.2, -0.15) is 0 Å². The molecular weight excluding hydrogens is 1020 g/mol. The molecule has 404 valence electrons. The molecule has 24 nitrogen and oxygen atoms in total. The van der Waals surface area contributed by atoms with Gasteiger partial charge in [-0.05, 0) is 38.6 Å². The minimum Gasteiger partial charge on any atom is -0.477 e. The number of hydrogen-bond donors (Lipinski definition) is 15. The number of carboxylic acids is 1. The molecule has 28 heteroatoms. The fourth-order valence-corrected chi connectivity index (χ4v) is 16.2. The van der Waals surface area contributed by atoms with Crippen molar-refractivity contribution in [2.24, 2.45) is 50.9 Å². The summed E-state index contributed by atoms with van der Waals surface area (Å²) in [6, 6.07) is -0.636. The number of carbonyl (C=O) groups is 2. The van der Waals surface area contributed by atoms with Crippen LogP contribution in [0.5, 0.6) is 0 Å². The van der Waals surface area contributed by atoms with Gasteiger partial charge in [-0.3, -0.25) is 20.2 Å². The van der Waals surface area contributed by atoms with Crippen LogP contribution in [-0.4, -0.2) is 207 Å². The molecule has 5 heterocycles. The maximum absolute atomic E-state index is 14.7. The number of likely N-dealkylation sites (N-methyl/N-ethyl adjacent to an activating group) is 1. The van der Waals surface area contributed by atoms with E-state index in [2.05, 4.69) is 20.6 Å². The third-order valence-corrected chi connectivity index (χ3v) is 19.2. The van der Waals surface area contributed by atoms with Crippen molar-refractivity contribution in [3.05, 3.63) is 59.2 Å². The average molecular weight is 1090 g/mol. The number of nitrogens with two attached hydrogens (primary N) is 3. The third-order valence-electron chi connectivity index (χ3n) is 13.3. The summed E-state index contributed by atoms with van der Waals surface area (Å²) >= 11 is 0. The highest BCUT2D eigenvalue weighted by molar-refractivity contribution is 8.78. The first kappa shape index (κ1) is 58.1. The van der Waals surface area contributed by atoms with Crippen molar-refractivity contribution in [1.29, 1.82) is 0 Å². The lowest BCUT2D eigenvalue weighted by Gasteiger charge is -2.48. The zero-order chi connectivity index (χ0) is 52.1. The van der Waals surface area contributed by atoms with Crippen molar-refractivity contribution in [1.82, 2.24) is 10.6 Å². The van der Waals surface area contributed by atoms with Gasteiger partial charge in [-0.15, -0.1) is 0 Å². The molecule has 0 aromatic carbocycles. The fraction of sp³-hybridized carbons (Fsp3) is 0.682. The van der Waals surface area contributed by atoms with E-state index in [9.17, 15) is 55.5 Å². The molecule has 0 aromatic heterocycles. The van der Waals surface area contributed by atoms with Gasteiger partial charge in [-0.1, -0.05) is 67.5 Å². The first-order valence-electron chi connectivity index (χ1n) is 23.6. The summed E-state index contributed by atoms with van der Waals surface area (Å²) in [5.41, 5.74) is 18.2. The van der Waals surface area contributed by atoms with E-state index in [1.807, 2.05) is 6.08 Å². The number of hydrogen-bond acceptors (Lipinski definition) is 22. The lowest BCUT2D eigenvalue weighted by Crippen LogP contribution is -3.14. The SMILES string of the molecule is CN[C@@H](CO)O[C@H]1[C@H](O[C@@H]2OC=C3C(=O)O[C@@H]4CC[C@H](CO)[C@@H]4CSS[C@@H]4[C@H](CCN=C(N)N)SSC/C=C/[C@@H]2[C@@H]3/C=C/C2=C(NC(N)=NCCCO)C(C(=O)O)=C[NH+](C2)[C@H]4CO)O[C@H](CO)[C@@H](O)C1(O)O. The molecule has 1 aliphatic carbocycles. The van der Waals surface area contributed by atoms with E-state index in [1.54, 1.807) is 18.2 Å². The molecule has 0 spiro atoms. The van der Waals surface area contributed by atoms with Gasteiger partial charge in [0.1, 0.15) is 48.9 Å². The molecule has 18 N–H and O–H groups in total. The predicted octanol–water partition coefficient (Wildman–Crippen LogP) is -3.84.